The molecule has 2 aromatic heterocycles. The van der Waals surface area contributed by atoms with Crippen molar-refractivity contribution in [1.82, 2.24) is 9.78 Å². The van der Waals surface area contributed by atoms with Crippen LogP contribution in [0.15, 0.2) is 60.9 Å². The van der Waals surface area contributed by atoms with Gasteiger partial charge in [-0.2, -0.15) is 5.10 Å². The van der Waals surface area contributed by atoms with E-state index in [0.29, 0.717) is 5.84 Å². The van der Waals surface area contributed by atoms with Crippen molar-refractivity contribution < 1.29 is 9.36 Å². The zero-order valence-electron chi connectivity index (χ0n) is 13.0. The molecule has 0 fully saturated rings. The predicted molar refractivity (Wildman–Crippen MR) is 89.4 cm³/mol. The van der Waals surface area contributed by atoms with Gasteiger partial charge in [-0.3, -0.25) is 5.41 Å². The Labute approximate surface area is 133 Å². The van der Waals surface area contributed by atoms with Gasteiger partial charge >= 0.3 is 0 Å². The lowest BCUT2D eigenvalue weighted by molar-refractivity contribution is -0.831. The fourth-order valence-electron chi connectivity index (χ4n) is 3.08. The molecule has 0 spiro atoms. The highest BCUT2D eigenvalue weighted by molar-refractivity contribution is 5.89. The van der Waals surface area contributed by atoms with Crippen LogP contribution in [0.1, 0.15) is 6.92 Å². The summed E-state index contributed by atoms with van der Waals surface area (Å²) in [6.45, 7) is 3.43. The van der Waals surface area contributed by atoms with E-state index in [9.17, 15) is 0 Å². The van der Waals surface area contributed by atoms with Crippen molar-refractivity contribution in [3.05, 3.63) is 60.9 Å². The van der Waals surface area contributed by atoms with E-state index in [1.807, 2.05) is 35.9 Å². The van der Waals surface area contributed by atoms with Gasteiger partial charge in [-0.25, -0.2) is 0 Å². The highest BCUT2D eigenvalue weighted by atomic mass is 15.4. The Hall–Kier alpha value is -2.95. The summed E-state index contributed by atoms with van der Waals surface area (Å²) in [6.07, 6.45) is 4.23. The first-order chi connectivity index (χ1) is 11.2. The second-order valence-electron chi connectivity index (χ2n) is 5.77. The Kier molecular flexibility index (Phi) is 3.19. The van der Waals surface area contributed by atoms with Crippen molar-refractivity contribution in [2.75, 3.05) is 0 Å². The zero-order chi connectivity index (χ0) is 15.8. The molecule has 0 aliphatic heterocycles. The predicted octanol–water partition coefficient (Wildman–Crippen LogP) is 2.24. The molecule has 0 unspecified atom stereocenters. The average molecular weight is 305 g/mol. The molecule has 0 bridgehead atoms. The maximum atomic E-state index is 8.07. The number of nitrogens with one attached hydrogen (secondary N) is 2. The first-order valence-corrected chi connectivity index (χ1v) is 7.75. The van der Waals surface area contributed by atoms with Crippen LogP contribution in [0.3, 0.4) is 0 Å². The van der Waals surface area contributed by atoms with Crippen LogP contribution in [0.25, 0.3) is 21.8 Å². The van der Waals surface area contributed by atoms with Crippen LogP contribution in [-0.4, -0.2) is 15.6 Å². The Morgan fingerprint density at radius 3 is 2.52 bits per heavy atom. The standard InChI is InChI=1S/C18H18N5/c1-14(19)23-18-9-5-3-7-16(18)13-22(23)11-10-21-12-15-6-2-4-8-17(15)20-21/h2-9,12-13,19H,10-11H2,1H3/q+1/p+1. The Balaban J connectivity index is 1.67. The molecule has 2 heterocycles. The molecule has 0 aliphatic rings. The molecular weight excluding hydrogens is 286 g/mol. The molecule has 0 aliphatic carbocycles. The van der Waals surface area contributed by atoms with Gasteiger partial charge in [0, 0.05) is 0 Å². The van der Waals surface area contributed by atoms with E-state index in [1.54, 1.807) is 0 Å². The number of hydrogen-bond donors (Lipinski definition) is 2. The largest absolute Gasteiger partial charge is 0.284 e. The van der Waals surface area contributed by atoms with Crippen LogP contribution in [0.2, 0.25) is 0 Å². The number of hydrogen-bond acceptors (Lipinski definition) is 1. The fraction of sp³-hybridized carbons (Fsp3) is 0.167. The average Bonchev–Trinajstić information content (AvgIpc) is 3.13. The van der Waals surface area contributed by atoms with E-state index in [1.165, 1.54) is 5.39 Å². The Morgan fingerprint density at radius 2 is 1.74 bits per heavy atom. The maximum absolute atomic E-state index is 8.07. The molecule has 4 aromatic rings. The number of H-pyrrole nitrogens is 1. The molecule has 114 valence electrons. The van der Waals surface area contributed by atoms with Gasteiger partial charge in [0.2, 0.25) is 25.5 Å². The number of aromatic nitrogens is 4. The molecule has 2 aromatic carbocycles. The van der Waals surface area contributed by atoms with Gasteiger partial charge in [0.05, 0.1) is 10.8 Å². The summed E-state index contributed by atoms with van der Waals surface area (Å²) in [7, 11) is 0. The Bertz CT molecular complexity index is 976. The van der Waals surface area contributed by atoms with Crippen molar-refractivity contribution in [3.8, 4) is 0 Å². The monoisotopic (exact) mass is 305 g/mol. The summed E-state index contributed by atoms with van der Waals surface area (Å²) in [4.78, 5) is 0. The van der Waals surface area contributed by atoms with Crippen molar-refractivity contribution >= 4 is 27.6 Å². The van der Waals surface area contributed by atoms with Crippen LogP contribution in [0.5, 0.6) is 0 Å². The summed E-state index contributed by atoms with van der Waals surface area (Å²) in [6, 6.07) is 16.5. The number of aromatic amines is 1. The minimum atomic E-state index is 0.521. The fourth-order valence-corrected chi connectivity index (χ4v) is 3.08. The molecule has 5 nitrogen and oxygen atoms in total. The number of fused-ring (bicyclic) bond motifs is 2. The molecule has 5 heteroatoms. The summed E-state index contributed by atoms with van der Waals surface area (Å²) >= 11 is 0. The molecule has 0 atom stereocenters. The quantitative estimate of drug-likeness (QED) is 0.331. The topological polar surface area (TPSA) is 52.3 Å². The lowest BCUT2D eigenvalue weighted by Gasteiger charge is -2.00. The second-order valence-corrected chi connectivity index (χ2v) is 5.77. The normalized spacial score (nSPS) is 11.3. The van der Waals surface area contributed by atoms with Gasteiger partial charge in [0.1, 0.15) is 11.0 Å². The second kappa shape index (κ2) is 5.35. The van der Waals surface area contributed by atoms with Gasteiger partial charge in [-0.15, -0.1) is 14.0 Å². The van der Waals surface area contributed by atoms with Crippen LogP contribution < -0.4 is 9.36 Å². The molecule has 2 N–H and O–H groups in total. The molecule has 23 heavy (non-hydrogen) atoms. The van der Waals surface area contributed by atoms with E-state index < -0.39 is 0 Å². The van der Waals surface area contributed by atoms with Crippen molar-refractivity contribution in [2.45, 2.75) is 20.0 Å². The van der Waals surface area contributed by atoms with Crippen molar-refractivity contribution in [2.24, 2.45) is 0 Å². The summed E-state index contributed by atoms with van der Waals surface area (Å²) in [5.74, 6) is 0.521. The number of nitrogens with zero attached hydrogens (tertiary/aromatic N) is 3. The van der Waals surface area contributed by atoms with Crippen molar-refractivity contribution in [1.29, 1.82) is 5.41 Å². The van der Waals surface area contributed by atoms with Gasteiger partial charge in [0.15, 0.2) is 5.84 Å². The number of aryl methyl sites for hydroxylation is 2. The van der Waals surface area contributed by atoms with Gasteiger partial charge in [-0.05, 0) is 31.2 Å². The van der Waals surface area contributed by atoms with E-state index in [4.69, 9.17) is 5.41 Å². The minimum Gasteiger partial charge on any atom is -0.284 e. The van der Waals surface area contributed by atoms with E-state index in [0.717, 1.165) is 29.5 Å². The van der Waals surface area contributed by atoms with Gasteiger partial charge in [0.25, 0.3) is 0 Å². The highest BCUT2D eigenvalue weighted by Crippen LogP contribution is 2.11. The zero-order valence-corrected chi connectivity index (χ0v) is 13.0. The third-order valence-corrected chi connectivity index (χ3v) is 4.12. The number of benzene rings is 2. The molecule has 0 saturated carbocycles. The molecular formula is C18H19N5+2. The SMILES string of the molecule is CC(=N)n1c2ccccc2c[n+]1CC[n+]1cc2ccccc2[nH]1. The number of rotatable bonds is 3. The first-order valence-electron chi connectivity index (χ1n) is 7.75. The summed E-state index contributed by atoms with van der Waals surface area (Å²) in [5.41, 5.74) is 2.21. The smallest absolute Gasteiger partial charge is 0.233 e. The van der Waals surface area contributed by atoms with Crippen LogP contribution in [0.4, 0.5) is 0 Å². The molecule has 0 radical (unpaired) electrons. The van der Waals surface area contributed by atoms with Crippen LogP contribution in [0, 0.1) is 5.41 Å². The third kappa shape index (κ3) is 2.40. The first kappa shape index (κ1) is 13.7. The highest BCUT2D eigenvalue weighted by Gasteiger charge is 2.19. The lowest BCUT2D eigenvalue weighted by Crippen LogP contribution is -2.50. The summed E-state index contributed by atoms with van der Waals surface area (Å²) < 4.78 is 6.16. The van der Waals surface area contributed by atoms with E-state index in [2.05, 4.69) is 51.1 Å². The molecule has 0 amide bonds. The molecule has 0 saturated heterocycles. The lowest BCUT2D eigenvalue weighted by atomic mass is 10.2. The third-order valence-electron chi connectivity index (χ3n) is 4.12. The van der Waals surface area contributed by atoms with E-state index >= 15 is 0 Å². The maximum Gasteiger partial charge on any atom is 0.233 e. The van der Waals surface area contributed by atoms with Gasteiger partial charge in [-0.1, -0.05) is 24.3 Å². The van der Waals surface area contributed by atoms with Crippen LogP contribution >= 0.6 is 0 Å². The minimum absolute atomic E-state index is 0.521. The van der Waals surface area contributed by atoms with Gasteiger partial charge < -0.3 is 0 Å². The summed E-state index contributed by atoms with van der Waals surface area (Å²) in [5, 5.41) is 13.8. The van der Waals surface area contributed by atoms with Crippen molar-refractivity contribution in [3.63, 3.8) is 0 Å². The number of para-hydroxylation sites is 2. The van der Waals surface area contributed by atoms with Crippen LogP contribution in [-0.2, 0) is 13.1 Å². The van der Waals surface area contributed by atoms with E-state index in [-0.39, 0.29) is 0 Å². The Morgan fingerprint density at radius 1 is 1.00 bits per heavy atom. The molecule has 4 rings (SSSR count).